The van der Waals surface area contributed by atoms with Gasteiger partial charge in [0, 0.05) is 27.2 Å². The highest BCUT2D eigenvalue weighted by molar-refractivity contribution is 7.90. The number of rotatable bonds is 13. The minimum atomic E-state index is -4.00. The van der Waals surface area contributed by atoms with Gasteiger partial charge < -0.3 is 10.2 Å². The molecule has 0 aliphatic carbocycles. The number of hydrogen-bond acceptors (Lipinski definition) is 4. The van der Waals surface area contributed by atoms with E-state index in [9.17, 15) is 18.0 Å². The SMILES string of the molecule is CCCCNC(=O)C(CC)N(Cc1ccc(Cl)c(Cl)c1)C(=O)CN(c1ccccc1)S(=O)(=O)N(C)C. The Hall–Kier alpha value is -2.33. The summed E-state index contributed by atoms with van der Waals surface area (Å²) in [6.45, 7) is 3.90. The maximum Gasteiger partial charge on any atom is 0.304 e. The zero-order valence-electron chi connectivity index (χ0n) is 21.1. The van der Waals surface area contributed by atoms with Crippen molar-refractivity contribution in [1.82, 2.24) is 14.5 Å². The lowest BCUT2D eigenvalue weighted by molar-refractivity contribution is -0.140. The number of amides is 2. The highest BCUT2D eigenvalue weighted by atomic mass is 35.5. The summed E-state index contributed by atoms with van der Waals surface area (Å²) < 4.78 is 28.4. The van der Waals surface area contributed by atoms with Crippen molar-refractivity contribution in [2.24, 2.45) is 0 Å². The van der Waals surface area contributed by atoms with E-state index in [1.54, 1.807) is 48.5 Å². The van der Waals surface area contributed by atoms with Crippen molar-refractivity contribution in [3.8, 4) is 0 Å². The molecule has 0 aromatic heterocycles. The van der Waals surface area contributed by atoms with Gasteiger partial charge in [-0.15, -0.1) is 0 Å². The number of hydrogen-bond donors (Lipinski definition) is 1. The quantitative estimate of drug-likeness (QED) is 0.372. The molecule has 198 valence electrons. The summed E-state index contributed by atoms with van der Waals surface area (Å²) in [6, 6.07) is 12.6. The van der Waals surface area contributed by atoms with E-state index in [4.69, 9.17) is 23.2 Å². The molecule has 0 saturated carbocycles. The third-order valence-corrected chi connectivity index (χ3v) is 8.17. The molecule has 8 nitrogen and oxygen atoms in total. The lowest BCUT2D eigenvalue weighted by atomic mass is 10.1. The van der Waals surface area contributed by atoms with Crippen LogP contribution in [0, 0.1) is 0 Å². The molecule has 2 amide bonds. The van der Waals surface area contributed by atoms with Crippen LogP contribution in [-0.2, 0) is 26.3 Å². The molecule has 0 aliphatic rings. The first-order valence-corrected chi connectivity index (χ1v) is 13.9. The van der Waals surface area contributed by atoms with Gasteiger partial charge in [-0.05, 0) is 42.7 Å². The highest BCUT2D eigenvalue weighted by Gasteiger charge is 2.33. The van der Waals surface area contributed by atoms with Crippen LogP contribution >= 0.6 is 23.2 Å². The molecule has 1 atom stereocenters. The van der Waals surface area contributed by atoms with E-state index in [0.29, 0.717) is 34.3 Å². The average molecular weight is 558 g/mol. The van der Waals surface area contributed by atoms with Crippen LogP contribution in [0.2, 0.25) is 10.0 Å². The van der Waals surface area contributed by atoms with Crippen LogP contribution < -0.4 is 9.62 Å². The summed E-state index contributed by atoms with van der Waals surface area (Å²) in [5, 5.41) is 3.58. The van der Waals surface area contributed by atoms with E-state index in [2.05, 4.69) is 5.32 Å². The molecule has 0 saturated heterocycles. The number of halogens is 2. The molecule has 0 aliphatic heterocycles. The molecule has 1 unspecified atom stereocenters. The van der Waals surface area contributed by atoms with Crippen LogP contribution in [0.4, 0.5) is 5.69 Å². The Morgan fingerprint density at radius 1 is 1.00 bits per heavy atom. The van der Waals surface area contributed by atoms with Gasteiger partial charge in [-0.3, -0.25) is 9.59 Å². The second-order valence-corrected chi connectivity index (χ2v) is 11.4. The Labute approximate surface area is 224 Å². The Bertz CT molecular complexity index is 1130. The minimum absolute atomic E-state index is 0.0556. The predicted octanol–water partition coefficient (Wildman–Crippen LogP) is 4.33. The van der Waals surface area contributed by atoms with Crippen LogP contribution in [0.1, 0.15) is 38.7 Å². The van der Waals surface area contributed by atoms with Gasteiger partial charge in [0.2, 0.25) is 11.8 Å². The van der Waals surface area contributed by atoms with Gasteiger partial charge in [0.25, 0.3) is 0 Å². The van der Waals surface area contributed by atoms with Gasteiger partial charge in [-0.25, -0.2) is 4.31 Å². The van der Waals surface area contributed by atoms with Crippen LogP contribution in [0.15, 0.2) is 48.5 Å². The smallest absolute Gasteiger partial charge is 0.304 e. The van der Waals surface area contributed by atoms with Gasteiger partial charge in [0.05, 0.1) is 15.7 Å². The molecule has 0 radical (unpaired) electrons. The monoisotopic (exact) mass is 556 g/mol. The molecule has 1 N–H and O–H groups in total. The van der Waals surface area contributed by atoms with Gasteiger partial charge in [0.15, 0.2) is 0 Å². The Kier molecular flexibility index (Phi) is 11.5. The number of nitrogens with zero attached hydrogens (tertiary/aromatic N) is 3. The lowest BCUT2D eigenvalue weighted by Gasteiger charge is -2.34. The molecule has 0 fully saturated rings. The van der Waals surface area contributed by atoms with E-state index in [-0.39, 0.29) is 12.5 Å². The van der Waals surface area contributed by atoms with Crippen molar-refractivity contribution in [3.05, 3.63) is 64.1 Å². The molecular formula is C25H34Cl2N4O4S. The summed E-state index contributed by atoms with van der Waals surface area (Å²) in [5.41, 5.74) is 1.01. The number of unbranched alkanes of at least 4 members (excludes halogenated alkanes) is 1. The van der Waals surface area contributed by atoms with Crippen molar-refractivity contribution in [1.29, 1.82) is 0 Å². The first kappa shape index (κ1) is 29.9. The molecule has 11 heteroatoms. The molecular weight excluding hydrogens is 523 g/mol. The number of benzene rings is 2. The largest absolute Gasteiger partial charge is 0.354 e. The Morgan fingerprint density at radius 3 is 2.22 bits per heavy atom. The number of carbonyl (C=O) groups is 2. The molecule has 0 heterocycles. The summed E-state index contributed by atoms with van der Waals surface area (Å²) >= 11 is 12.2. The fourth-order valence-corrected chi connectivity index (χ4v) is 4.95. The zero-order valence-corrected chi connectivity index (χ0v) is 23.4. The highest BCUT2D eigenvalue weighted by Crippen LogP contribution is 2.25. The molecule has 0 bridgehead atoms. The zero-order chi connectivity index (χ0) is 26.9. The second kappa shape index (κ2) is 13.8. The lowest BCUT2D eigenvalue weighted by Crippen LogP contribution is -2.53. The van der Waals surface area contributed by atoms with Crippen molar-refractivity contribution in [2.45, 2.75) is 45.7 Å². The normalized spacial score (nSPS) is 12.3. The molecule has 36 heavy (non-hydrogen) atoms. The van der Waals surface area contributed by atoms with Gasteiger partial charge in [-0.1, -0.05) is 67.7 Å². The van der Waals surface area contributed by atoms with E-state index in [1.807, 2.05) is 13.8 Å². The van der Waals surface area contributed by atoms with Crippen molar-refractivity contribution < 1.29 is 18.0 Å². The number of nitrogens with one attached hydrogen (secondary N) is 1. The third-order valence-electron chi connectivity index (χ3n) is 5.62. The molecule has 2 rings (SSSR count). The minimum Gasteiger partial charge on any atom is -0.354 e. The summed E-state index contributed by atoms with van der Waals surface area (Å²) in [7, 11) is -1.19. The first-order chi connectivity index (χ1) is 17.0. The fraction of sp³-hybridized carbons (Fsp3) is 0.440. The van der Waals surface area contributed by atoms with Crippen LogP contribution in [0.25, 0.3) is 0 Å². The fourth-order valence-electron chi connectivity index (χ4n) is 3.57. The van der Waals surface area contributed by atoms with Crippen LogP contribution in [-0.4, -0.2) is 62.7 Å². The topological polar surface area (TPSA) is 90.0 Å². The van der Waals surface area contributed by atoms with Crippen LogP contribution in [0.5, 0.6) is 0 Å². The van der Waals surface area contributed by atoms with Crippen LogP contribution in [0.3, 0.4) is 0 Å². The predicted molar refractivity (Wildman–Crippen MR) is 145 cm³/mol. The molecule has 2 aromatic carbocycles. The van der Waals surface area contributed by atoms with Crippen molar-refractivity contribution >= 4 is 50.9 Å². The number of anilines is 1. The maximum absolute atomic E-state index is 13.7. The van der Waals surface area contributed by atoms with Gasteiger partial charge >= 0.3 is 10.2 Å². The van der Waals surface area contributed by atoms with Gasteiger partial charge in [0.1, 0.15) is 12.6 Å². The second-order valence-electron chi connectivity index (χ2n) is 8.47. The number of para-hydroxylation sites is 1. The Morgan fingerprint density at radius 2 is 1.67 bits per heavy atom. The summed E-state index contributed by atoms with van der Waals surface area (Å²) in [4.78, 5) is 28.2. The average Bonchev–Trinajstić information content (AvgIpc) is 2.84. The standard InChI is InChI=1S/C25H34Cl2N4O4S/c1-5-7-15-28-25(33)23(6-2)30(17-19-13-14-21(26)22(27)16-19)24(32)18-31(36(34,35)29(3)4)20-11-9-8-10-12-20/h8-14,16,23H,5-7,15,17-18H2,1-4H3,(H,28,33). The van der Waals surface area contributed by atoms with E-state index in [1.165, 1.54) is 19.0 Å². The number of carbonyl (C=O) groups excluding carboxylic acids is 2. The third kappa shape index (κ3) is 7.83. The van der Waals surface area contributed by atoms with Crippen molar-refractivity contribution in [3.63, 3.8) is 0 Å². The molecule has 2 aromatic rings. The summed E-state index contributed by atoms with van der Waals surface area (Å²) in [5.74, 6) is -0.811. The maximum atomic E-state index is 13.7. The Balaban J connectivity index is 2.46. The van der Waals surface area contributed by atoms with Crippen molar-refractivity contribution in [2.75, 3.05) is 31.5 Å². The first-order valence-electron chi connectivity index (χ1n) is 11.8. The van der Waals surface area contributed by atoms with E-state index >= 15 is 0 Å². The summed E-state index contributed by atoms with van der Waals surface area (Å²) in [6.07, 6.45) is 2.07. The van der Waals surface area contributed by atoms with E-state index in [0.717, 1.165) is 21.5 Å². The molecule has 0 spiro atoms. The van der Waals surface area contributed by atoms with Gasteiger partial charge in [-0.2, -0.15) is 12.7 Å². The van der Waals surface area contributed by atoms with E-state index < -0.39 is 28.7 Å².